The van der Waals surface area contributed by atoms with Crippen LogP contribution >= 0.6 is 11.3 Å². The highest BCUT2D eigenvalue weighted by Gasteiger charge is 2.23. The molecular formula is C23H22N6O7S. The highest BCUT2D eigenvalue weighted by molar-refractivity contribution is 7.14. The van der Waals surface area contributed by atoms with E-state index in [4.69, 9.17) is 5.11 Å². The lowest BCUT2D eigenvalue weighted by molar-refractivity contribution is -0.140. The number of pyridine rings is 1. The van der Waals surface area contributed by atoms with Crippen molar-refractivity contribution >= 4 is 52.1 Å². The molecule has 14 heteroatoms. The van der Waals surface area contributed by atoms with E-state index < -0.39 is 41.3 Å². The summed E-state index contributed by atoms with van der Waals surface area (Å²) in [4.78, 5) is 73.8. The van der Waals surface area contributed by atoms with Gasteiger partial charge in [-0.25, -0.2) is 14.8 Å². The minimum absolute atomic E-state index is 0.0227. The standard InChI is InChI=1S/C23H22N6O7S/c1-23(2,3)21(36)29-22-27-17-12(18(32)28-22)8-11(9-25-17)4-6-15-24-10-14(37-15)19(33)26-13(20(34)35)5-7-16(30)31/h8-10,13H,5,7H2,1-3H3,(H,26,33)(H,30,31)(H,34,35)(H2,25,27,28,29,32,36)/t13-/m0/s1. The van der Waals surface area contributed by atoms with Crippen LogP contribution in [0.3, 0.4) is 0 Å². The van der Waals surface area contributed by atoms with E-state index in [1.54, 1.807) is 20.8 Å². The fourth-order valence-corrected chi connectivity index (χ4v) is 3.43. The number of nitrogens with zero attached hydrogens (tertiary/aromatic N) is 3. The molecule has 0 radical (unpaired) electrons. The average molecular weight is 527 g/mol. The number of carbonyl (C=O) groups is 4. The second kappa shape index (κ2) is 11.0. The first-order valence-corrected chi connectivity index (χ1v) is 11.6. The molecule has 3 heterocycles. The van der Waals surface area contributed by atoms with Crippen LogP contribution in [-0.4, -0.2) is 59.9 Å². The Morgan fingerprint density at radius 2 is 1.86 bits per heavy atom. The van der Waals surface area contributed by atoms with Crippen LogP contribution in [-0.2, 0) is 14.4 Å². The highest BCUT2D eigenvalue weighted by Crippen LogP contribution is 2.16. The average Bonchev–Trinajstić information content (AvgIpc) is 3.29. The number of carboxylic acids is 2. The molecule has 0 spiro atoms. The Morgan fingerprint density at radius 3 is 2.51 bits per heavy atom. The Bertz CT molecular complexity index is 1510. The molecule has 0 aliphatic carbocycles. The molecule has 0 saturated heterocycles. The van der Waals surface area contributed by atoms with E-state index in [1.807, 2.05) is 0 Å². The summed E-state index contributed by atoms with van der Waals surface area (Å²) in [5.41, 5.74) is -0.723. The summed E-state index contributed by atoms with van der Waals surface area (Å²) in [7, 11) is 0. The number of fused-ring (bicyclic) bond motifs is 1. The number of amides is 2. The number of thiazole rings is 1. The lowest BCUT2D eigenvalue weighted by Gasteiger charge is -2.16. The van der Waals surface area contributed by atoms with Crippen molar-refractivity contribution in [3.8, 4) is 11.8 Å². The summed E-state index contributed by atoms with van der Waals surface area (Å²) >= 11 is 0.908. The summed E-state index contributed by atoms with van der Waals surface area (Å²) in [5, 5.41) is 23.1. The van der Waals surface area contributed by atoms with Gasteiger partial charge in [0.2, 0.25) is 11.9 Å². The molecule has 5 N–H and O–H groups in total. The van der Waals surface area contributed by atoms with Gasteiger partial charge in [-0.2, -0.15) is 4.98 Å². The Labute approximate surface area is 213 Å². The molecule has 37 heavy (non-hydrogen) atoms. The number of hydrogen-bond donors (Lipinski definition) is 5. The Balaban J connectivity index is 1.75. The van der Waals surface area contributed by atoms with E-state index in [2.05, 4.69) is 42.4 Å². The Morgan fingerprint density at radius 1 is 1.14 bits per heavy atom. The van der Waals surface area contributed by atoms with E-state index in [9.17, 15) is 29.1 Å². The molecule has 13 nitrogen and oxygen atoms in total. The van der Waals surface area contributed by atoms with Crippen molar-refractivity contribution in [3.05, 3.63) is 44.3 Å². The minimum atomic E-state index is -1.36. The van der Waals surface area contributed by atoms with Gasteiger partial charge in [-0.3, -0.25) is 29.5 Å². The lowest BCUT2D eigenvalue weighted by Crippen LogP contribution is -2.40. The summed E-state index contributed by atoms with van der Waals surface area (Å²) in [5.74, 6) is 1.93. The van der Waals surface area contributed by atoms with Crippen LogP contribution in [0.5, 0.6) is 0 Å². The predicted molar refractivity (Wildman–Crippen MR) is 132 cm³/mol. The van der Waals surface area contributed by atoms with Gasteiger partial charge in [-0.1, -0.05) is 26.7 Å². The highest BCUT2D eigenvalue weighted by atomic mass is 32.1. The zero-order valence-electron chi connectivity index (χ0n) is 19.9. The second-order valence-corrected chi connectivity index (χ2v) is 9.82. The number of H-pyrrole nitrogens is 1. The van der Waals surface area contributed by atoms with Crippen molar-refractivity contribution in [2.75, 3.05) is 5.32 Å². The van der Waals surface area contributed by atoms with Gasteiger partial charge in [-0.05, 0) is 18.4 Å². The number of rotatable bonds is 7. The van der Waals surface area contributed by atoms with E-state index in [-0.39, 0.29) is 39.2 Å². The smallest absolute Gasteiger partial charge is 0.326 e. The second-order valence-electron chi connectivity index (χ2n) is 8.79. The third-order valence-corrected chi connectivity index (χ3v) is 5.68. The van der Waals surface area contributed by atoms with Crippen LogP contribution < -0.4 is 16.2 Å². The molecule has 0 unspecified atom stereocenters. The topological polar surface area (TPSA) is 204 Å². The van der Waals surface area contributed by atoms with Crippen molar-refractivity contribution in [2.24, 2.45) is 5.41 Å². The van der Waals surface area contributed by atoms with Crippen molar-refractivity contribution in [2.45, 2.75) is 39.7 Å². The van der Waals surface area contributed by atoms with E-state index in [1.165, 1.54) is 18.5 Å². The maximum absolute atomic E-state index is 12.5. The van der Waals surface area contributed by atoms with Crippen LogP contribution in [0.4, 0.5) is 5.95 Å². The molecule has 2 amide bonds. The molecule has 0 aliphatic rings. The molecule has 0 bridgehead atoms. The number of hydrogen-bond acceptors (Lipinski definition) is 9. The zero-order valence-corrected chi connectivity index (χ0v) is 20.7. The molecule has 0 aromatic carbocycles. The van der Waals surface area contributed by atoms with Gasteiger partial charge in [0.25, 0.3) is 11.5 Å². The number of aromatic amines is 1. The monoisotopic (exact) mass is 526 g/mol. The quantitative estimate of drug-likeness (QED) is 0.278. The SMILES string of the molecule is CC(C)(C)C(=O)Nc1nc2ncc(C#Cc3ncc(C(=O)N[C@@H](CCC(=O)O)C(=O)O)s3)cc2c(=O)[nH]1. The number of anilines is 1. The van der Waals surface area contributed by atoms with Gasteiger partial charge >= 0.3 is 11.9 Å². The van der Waals surface area contributed by atoms with Gasteiger partial charge in [0.1, 0.15) is 10.9 Å². The first-order chi connectivity index (χ1) is 17.3. The molecule has 3 aromatic rings. The lowest BCUT2D eigenvalue weighted by atomic mass is 9.96. The molecule has 0 fully saturated rings. The number of carboxylic acid groups (broad SMARTS) is 2. The summed E-state index contributed by atoms with van der Waals surface area (Å²) in [6, 6.07) is 0.107. The van der Waals surface area contributed by atoms with E-state index >= 15 is 0 Å². The number of aliphatic carboxylic acids is 2. The van der Waals surface area contributed by atoms with Crippen molar-refractivity contribution in [3.63, 3.8) is 0 Å². The molecular weight excluding hydrogens is 504 g/mol. The number of aromatic nitrogens is 4. The Hall–Kier alpha value is -4.64. The largest absolute Gasteiger partial charge is 0.481 e. The normalized spacial score (nSPS) is 11.8. The molecule has 0 saturated carbocycles. The van der Waals surface area contributed by atoms with Crippen LogP contribution in [0.25, 0.3) is 11.0 Å². The maximum Gasteiger partial charge on any atom is 0.326 e. The molecule has 3 rings (SSSR count). The molecule has 192 valence electrons. The number of nitrogens with one attached hydrogen (secondary N) is 3. The fraction of sp³-hybridized carbons (Fsp3) is 0.304. The predicted octanol–water partition coefficient (Wildman–Crippen LogP) is 1.21. The zero-order chi connectivity index (χ0) is 27.3. The maximum atomic E-state index is 12.5. The first-order valence-electron chi connectivity index (χ1n) is 10.8. The molecule has 1 atom stereocenters. The van der Waals surface area contributed by atoms with Crippen molar-refractivity contribution in [1.82, 2.24) is 25.3 Å². The third kappa shape index (κ3) is 7.18. The van der Waals surface area contributed by atoms with E-state index in [0.717, 1.165) is 11.3 Å². The Kier molecular flexibility index (Phi) is 7.98. The van der Waals surface area contributed by atoms with Gasteiger partial charge in [-0.15, -0.1) is 11.3 Å². The van der Waals surface area contributed by atoms with Crippen LogP contribution in [0.15, 0.2) is 23.3 Å². The number of carbonyl (C=O) groups excluding carboxylic acids is 2. The van der Waals surface area contributed by atoms with E-state index in [0.29, 0.717) is 5.56 Å². The van der Waals surface area contributed by atoms with Gasteiger partial charge in [0.15, 0.2) is 10.7 Å². The third-order valence-electron chi connectivity index (χ3n) is 4.77. The fourth-order valence-electron chi connectivity index (χ4n) is 2.76. The van der Waals surface area contributed by atoms with Crippen LogP contribution in [0.1, 0.15) is 53.9 Å². The summed E-state index contributed by atoms with van der Waals surface area (Å²) < 4.78 is 0. The van der Waals surface area contributed by atoms with Crippen molar-refractivity contribution in [1.29, 1.82) is 0 Å². The van der Waals surface area contributed by atoms with Crippen LogP contribution in [0.2, 0.25) is 0 Å². The van der Waals surface area contributed by atoms with Gasteiger partial charge < -0.3 is 15.5 Å². The minimum Gasteiger partial charge on any atom is -0.481 e. The van der Waals surface area contributed by atoms with Crippen LogP contribution in [0, 0.1) is 17.3 Å². The molecule has 0 aliphatic heterocycles. The van der Waals surface area contributed by atoms with Gasteiger partial charge in [0.05, 0.1) is 11.6 Å². The summed E-state index contributed by atoms with van der Waals surface area (Å²) in [6.45, 7) is 5.16. The van der Waals surface area contributed by atoms with Gasteiger partial charge in [0, 0.05) is 23.6 Å². The summed E-state index contributed by atoms with van der Waals surface area (Å²) in [6.07, 6.45) is 1.93. The van der Waals surface area contributed by atoms with Crippen molar-refractivity contribution < 1.29 is 29.4 Å². The first kappa shape index (κ1) is 27.0. The molecule has 3 aromatic heterocycles.